The van der Waals surface area contributed by atoms with E-state index in [1.807, 2.05) is 25.1 Å². The highest BCUT2D eigenvalue weighted by Gasteiger charge is 2.06. The molecule has 1 aromatic heterocycles. The SMILES string of the molecule is CCNC(=NCCCOCCOC)NCCn1c(C)nc2ccccc21.I. The second-order valence-corrected chi connectivity index (χ2v) is 5.95. The summed E-state index contributed by atoms with van der Waals surface area (Å²) in [7, 11) is 1.68. The third kappa shape index (κ3) is 8.02. The lowest BCUT2D eigenvalue weighted by atomic mass is 10.3. The number of aliphatic imine (C=N–C) groups is 1. The summed E-state index contributed by atoms with van der Waals surface area (Å²) >= 11 is 0. The van der Waals surface area contributed by atoms with Crippen LogP contribution in [0.4, 0.5) is 0 Å². The van der Waals surface area contributed by atoms with Crippen LogP contribution in [0.15, 0.2) is 29.3 Å². The van der Waals surface area contributed by atoms with Crippen molar-refractivity contribution in [3.63, 3.8) is 0 Å². The molecule has 0 saturated carbocycles. The first-order valence-corrected chi connectivity index (χ1v) is 9.27. The van der Waals surface area contributed by atoms with Crippen LogP contribution in [0.5, 0.6) is 0 Å². The van der Waals surface area contributed by atoms with Crippen molar-refractivity contribution in [1.82, 2.24) is 20.2 Å². The van der Waals surface area contributed by atoms with E-state index in [-0.39, 0.29) is 24.0 Å². The second kappa shape index (κ2) is 13.7. The highest BCUT2D eigenvalue weighted by Crippen LogP contribution is 2.14. The van der Waals surface area contributed by atoms with E-state index in [1.54, 1.807) is 7.11 Å². The summed E-state index contributed by atoms with van der Waals surface area (Å²) in [5, 5.41) is 6.67. The van der Waals surface area contributed by atoms with Crippen LogP contribution in [-0.2, 0) is 16.0 Å². The molecule has 0 fully saturated rings. The first-order valence-electron chi connectivity index (χ1n) is 9.27. The first-order chi connectivity index (χ1) is 12.8. The van der Waals surface area contributed by atoms with Gasteiger partial charge >= 0.3 is 0 Å². The van der Waals surface area contributed by atoms with E-state index < -0.39 is 0 Å². The van der Waals surface area contributed by atoms with Crippen molar-refractivity contribution in [2.45, 2.75) is 26.8 Å². The normalized spacial score (nSPS) is 11.4. The molecular formula is C19H32IN5O2. The van der Waals surface area contributed by atoms with Crippen molar-refractivity contribution >= 4 is 41.0 Å². The Labute approximate surface area is 178 Å². The van der Waals surface area contributed by atoms with Crippen LogP contribution in [0.3, 0.4) is 0 Å². The number of benzene rings is 1. The number of nitrogens with one attached hydrogen (secondary N) is 2. The molecule has 0 saturated heterocycles. The minimum Gasteiger partial charge on any atom is -0.382 e. The van der Waals surface area contributed by atoms with Crippen LogP contribution >= 0.6 is 24.0 Å². The lowest BCUT2D eigenvalue weighted by molar-refractivity contribution is 0.0702. The lowest BCUT2D eigenvalue weighted by Gasteiger charge is -2.13. The van der Waals surface area contributed by atoms with Gasteiger partial charge in [-0.05, 0) is 32.4 Å². The molecule has 0 bridgehead atoms. The number of aryl methyl sites for hydroxylation is 1. The summed E-state index contributed by atoms with van der Waals surface area (Å²) in [6.45, 7) is 9.29. The van der Waals surface area contributed by atoms with Gasteiger partial charge in [0, 0.05) is 39.9 Å². The molecule has 27 heavy (non-hydrogen) atoms. The Bertz CT molecular complexity index is 690. The van der Waals surface area contributed by atoms with Crippen LogP contribution in [0.25, 0.3) is 11.0 Å². The summed E-state index contributed by atoms with van der Waals surface area (Å²) in [5.74, 6) is 1.87. The number of hydrogen-bond acceptors (Lipinski definition) is 4. The Morgan fingerprint density at radius 1 is 1.19 bits per heavy atom. The fourth-order valence-electron chi connectivity index (χ4n) is 2.71. The van der Waals surface area contributed by atoms with Gasteiger partial charge in [0.1, 0.15) is 5.82 Å². The van der Waals surface area contributed by atoms with E-state index in [4.69, 9.17) is 9.47 Å². The summed E-state index contributed by atoms with van der Waals surface area (Å²) in [6.07, 6.45) is 0.894. The number of imidazole rings is 1. The van der Waals surface area contributed by atoms with Crippen LogP contribution in [0, 0.1) is 6.92 Å². The summed E-state index contributed by atoms with van der Waals surface area (Å²) in [5.41, 5.74) is 2.21. The van der Waals surface area contributed by atoms with E-state index >= 15 is 0 Å². The fourth-order valence-corrected chi connectivity index (χ4v) is 2.71. The molecule has 0 unspecified atom stereocenters. The number of rotatable bonds is 11. The van der Waals surface area contributed by atoms with Gasteiger partial charge < -0.3 is 24.7 Å². The molecule has 2 rings (SSSR count). The summed E-state index contributed by atoms with van der Waals surface area (Å²) < 4.78 is 12.6. The smallest absolute Gasteiger partial charge is 0.191 e. The first kappa shape index (κ1) is 23.6. The van der Waals surface area contributed by atoms with Crippen molar-refractivity contribution in [2.24, 2.45) is 4.99 Å². The standard InChI is InChI=1S/C19H31N5O2.HI/c1-4-20-19(21-10-7-13-26-15-14-25-3)22-11-12-24-16(2)23-17-8-5-6-9-18(17)24;/h5-6,8-9H,4,7,10-15H2,1-3H3,(H2,20,21,22);1H. The Balaban J connectivity index is 0.00000364. The van der Waals surface area contributed by atoms with Crippen molar-refractivity contribution in [3.8, 4) is 0 Å². The maximum absolute atomic E-state index is 5.45. The molecule has 0 atom stereocenters. The van der Waals surface area contributed by atoms with E-state index in [9.17, 15) is 0 Å². The molecule has 152 valence electrons. The molecule has 8 heteroatoms. The lowest BCUT2D eigenvalue weighted by Crippen LogP contribution is -2.39. The topological polar surface area (TPSA) is 72.7 Å². The van der Waals surface area contributed by atoms with Crippen molar-refractivity contribution in [3.05, 3.63) is 30.1 Å². The number of nitrogens with zero attached hydrogens (tertiary/aromatic N) is 3. The van der Waals surface area contributed by atoms with Crippen molar-refractivity contribution in [2.75, 3.05) is 46.6 Å². The number of aromatic nitrogens is 2. The van der Waals surface area contributed by atoms with Gasteiger partial charge in [0.15, 0.2) is 5.96 Å². The molecule has 2 aromatic rings. The van der Waals surface area contributed by atoms with Crippen molar-refractivity contribution in [1.29, 1.82) is 0 Å². The van der Waals surface area contributed by atoms with Crippen LogP contribution in [0.2, 0.25) is 0 Å². The largest absolute Gasteiger partial charge is 0.382 e. The zero-order chi connectivity index (χ0) is 18.6. The van der Waals surface area contributed by atoms with Crippen LogP contribution in [0.1, 0.15) is 19.2 Å². The minimum atomic E-state index is 0. The van der Waals surface area contributed by atoms with Gasteiger partial charge in [-0.1, -0.05) is 12.1 Å². The van der Waals surface area contributed by atoms with Gasteiger partial charge in [0.25, 0.3) is 0 Å². The molecule has 1 heterocycles. The molecule has 0 aliphatic rings. The molecule has 0 aliphatic carbocycles. The number of guanidine groups is 1. The summed E-state index contributed by atoms with van der Waals surface area (Å²) in [4.78, 5) is 9.20. The van der Waals surface area contributed by atoms with Gasteiger partial charge in [0.2, 0.25) is 0 Å². The maximum atomic E-state index is 5.45. The predicted octanol–water partition coefficient (Wildman–Crippen LogP) is 2.57. The fraction of sp³-hybridized carbons (Fsp3) is 0.579. The van der Waals surface area contributed by atoms with Gasteiger partial charge in [-0.2, -0.15) is 0 Å². The summed E-state index contributed by atoms with van der Waals surface area (Å²) in [6, 6.07) is 8.23. The van der Waals surface area contributed by atoms with Gasteiger partial charge in [-0.3, -0.25) is 4.99 Å². The Morgan fingerprint density at radius 3 is 2.78 bits per heavy atom. The number of methoxy groups -OCH3 is 1. The average molecular weight is 489 g/mol. The molecule has 0 amide bonds. The van der Waals surface area contributed by atoms with E-state index in [0.29, 0.717) is 19.8 Å². The average Bonchev–Trinajstić information content (AvgIpc) is 2.96. The van der Waals surface area contributed by atoms with Crippen molar-refractivity contribution < 1.29 is 9.47 Å². The van der Waals surface area contributed by atoms with Crippen LogP contribution in [-0.4, -0.2) is 62.1 Å². The second-order valence-electron chi connectivity index (χ2n) is 5.95. The molecular weight excluding hydrogens is 457 g/mol. The molecule has 0 spiro atoms. The van der Waals surface area contributed by atoms with Gasteiger partial charge in [-0.15, -0.1) is 24.0 Å². The number of fused-ring (bicyclic) bond motifs is 1. The Morgan fingerprint density at radius 2 is 2.00 bits per heavy atom. The minimum absolute atomic E-state index is 0. The quantitative estimate of drug-likeness (QED) is 0.220. The molecule has 7 nitrogen and oxygen atoms in total. The van der Waals surface area contributed by atoms with E-state index in [0.717, 1.165) is 49.9 Å². The molecule has 0 aliphatic heterocycles. The third-order valence-corrected chi connectivity index (χ3v) is 3.97. The monoisotopic (exact) mass is 489 g/mol. The predicted molar refractivity (Wildman–Crippen MR) is 121 cm³/mol. The highest BCUT2D eigenvalue weighted by atomic mass is 127. The third-order valence-electron chi connectivity index (χ3n) is 3.97. The Hall–Kier alpha value is -1.39. The van der Waals surface area contributed by atoms with E-state index in [1.165, 1.54) is 5.52 Å². The number of ether oxygens (including phenoxy) is 2. The maximum Gasteiger partial charge on any atom is 0.191 e. The molecule has 1 aromatic carbocycles. The number of halogens is 1. The zero-order valence-electron chi connectivity index (χ0n) is 16.5. The molecule has 2 N–H and O–H groups in total. The van der Waals surface area contributed by atoms with Gasteiger partial charge in [-0.25, -0.2) is 4.98 Å². The van der Waals surface area contributed by atoms with Crippen LogP contribution < -0.4 is 10.6 Å². The number of para-hydroxylation sites is 2. The number of hydrogen-bond donors (Lipinski definition) is 2. The Kier molecular flexibility index (Phi) is 12.0. The van der Waals surface area contributed by atoms with Gasteiger partial charge in [0.05, 0.1) is 24.2 Å². The zero-order valence-corrected chi connectivity index (χ0v) is 18.9. The highest BCUT2D eigenvalue weighted by molar-refractivity contribution is 14.0. The van der Waals surface area contributed by atoms with E-state index in [2.05, 4.69) is 38.2 Å². The molecule has 0 radical (unpaired) electrons.